The highest BCUT2D eigenvalue weighted by atomic mass is 16.2. The van der Waals surface area contributed by atoms with Crippen LogP contribution in [0.1, 0.15) is 22.3 Å². The molecule has 0 radical (unpaired) electrons. The molecule has 0 spiro atoms. The van der Waals surface area contributed by atoms with Gasteiger partial charge in [0, 0.05) is 0 Å². The minimum absolute atomic E-state index is 0.184. The molecular formula is C24H22N4O2. The summed E-state index contributed by atoms with van der Waals surface area (Å²) in [4.78, 5) is 23.8. The molecule has 0 saturated heterocycles. The number of hydrogen-bond acceptors (Lipinski definition) is 4. The largest absolute Gasteiger partial charge is 0.273 e. The smallest absolute Gasteiger partial charge is 0.244 e. The maximum absolute atomic E-state index is 11.9. The van der Waals surface area contributed by atoms with Crippen LogP contribution in [0.2, 0.25) is 0 Å². The number of hydrogen-bond donors (Lipinski definition) is 2. The molecule has 0 aliphatic heterocycles. The predicted molar refractivity (Wildman–Crippen MR) is 118 cm³/mol. The Morgan fingerprint density at radius 1 is 0.633 bits per heavy atom. The van der Waals surface area contributed by atoms with E-state index in [0.717, 1.165) is 22.3 Å². The fourth-order valence-corrected chi connectivity index (χ4v) is 2.72. The molecule has 0 saturated carbocycles. The van der Waals surface area contributed by atoms with Gasteiger partial charge in [-0.2, -0.15) is 10.2 Å². The summed E-state index contributed by atoms with van der Waals surface area (Å²) >= 11 is 0. The first kappa shape index (κ1) is 20.7. The molecule has 2 N–H and O–H groups in total. The standard InChI is InChI=1S/C24H22N4O2/c29-23(15-19-8-3-1-4-9-19)27-25-17-21-12-7-13-22(14-21)18-26-28-24(30)16-20-10-5-2-6-11-20/h1-14,17-18H,15-16H2,(H,27,29)(H,28,30). The van der Waals surface area contributed by atoms with Gasteiger partial charge in [-0.05, 0) is 28.3 Å². The first-order valence-electron chi connectivity index (χ1n) is 9.51. The maximum atomic E-state index is 11.9. The van der Waals surface area contributed by atoms with E-state index in [9.17, 15) is 9.59 Å². The first-order chi connectivity index (χ1) is 14.7. The van der Waals surface area contributed by atoms with Crippen LogP contribution < -0.4 is 10.9 Å². The number of benzene rings is 3. The van der Waals surface area contributed by atoms with Gasteiger partial charge in [-0.3, -0.25) is 9.59 Å². The molecule has 0 heterocycles. The van der Waals surface area contributed by atoms with Crippen molar-refractivity contribution in [2.24, 2.45) is 10.2 Å². The third-order valence-electron chi connectivity index (χ3n) is 4.13. The van der Waals surface area contributed by atoms with Crippen molar-refractivity contribution < 1.29 is 9.59 Å². The van der Waals surface area contributed by atoms with E-state index in [4.69, 9.17) is 0 Å². The molecule has 0 bridgehead atoms. The Morgan fingerprint density at radius 3 is 1.50 bits per heavy atom. The van der Waals surface area contributed by atoms with Crippen molar-refractivity contribution in [3.8, 4) is 0 Å². The van der Waals surface area contributed by atoms with Gasteiger partial charge in [0.15, 0.2) is 0 Å². The quantitative estimate of drug-likeness (QED) is 0.452. The van der Waals surface area contributed by atoms with E-state index in [2.05, 4.69) is 21.1 Å². The summed E-state index contributed by atoms with van der Waals surface area (Å²) in [5.74, 6) is -0.368. The van der Waals surface area contributed by atoms with E-state index in [-0.39, 0.29) is 24.7 Å². The molecule has 0 aromatic heterocycles. The van der Waals surface area contributed by atoms with Gasteiger partial charge in [-0.1, -0.05) is 78.9 Å². The van der Waals surface area contributed by atoms with Gasteiger partial charge in [-0.15, -0.1) is 0 Å². The summed E-state index contributed by atoms with van der Waals surface area (Å²) < 4.78 is 0. The second-order valence-electron chi connectivity index (χ2n) is 6.58. The van der Waals surface area contributed by atoms with Gasteiger partial charge in [-0.25, -0.2) is 10.9 Å². The molecule has 0 fully saturated rings. The van der Waals surface area contributed by atoms with Gasteiger partial charge in [0.1, 0.15) is 0 Å². The Morgan fingerprint density at radius 2 is 1.07 bits per heavy atom. The minimum atomic E-state index is -0.184. The molecule has 0 aliphatic carbocycles. The number of hydrazone groups is 2. The predicted octanol–water partition coefficient (Wildman–Crippen LogP) is 3.07. The van der Waals surface area contributed by atoms with Crippen LogP contribution in [0, 0.1) is 0 Å². The van der Waals surface area contributed by atoms with Gasteiger partial charge < -0.3 is 0 Å². The Hall–Kier alpha value is -4.06. The highest BCUT2D eigenvalue weighted by Gasteiger charge is 2.02. The van der Waals surface area contributed by atoms with Gasteiger partial charge in [0.05, 0.1) is 25.3 Å². The first-order valence-corrected chi connectivity index (χ1v) is 9.51. The van der Waals surface area contributed by atoms with Crippen molar-refractivity contribution in [3.05, 3.63) is 107 Å². The lowest BCUT2D eigenvalue weighted by molar-refractivity contribution is -0.121. The van der Waals surface area contributed by atoms with Crippen molar-refractivity contribution in [3.63, 3.8) is 0 Å². The van der Waals surface area contributed by atoms with Crippen LogP contribution in [-0.2, 0) is 22.4 Å². The summed E-state index contributed by atoms with van der Waals surface area (Å²) in [6.07, 6.45) is 3.67. The summed E-state index contributed by atoms with van der Waals surface area (Å²) in [6.45, 7) is 0. The van der Waals surface area contributed by atoms with Crippen LogP contribution in [0.3, 0.4) is 0 Å². The van der Waals surface area contributed by atoms with E-state index in [1.807, 2.05) is 84.9 Å². The van der Waals surface area contributed by atoms with Gasteiger partial charge in [0.2, 0.25) is 11.8 Å². The van der Waals surface area contributed by atoms with Crippen molar-refractivity contribution in [1.29, 1.82) is 0 Å². The summed E-state index contributed by atoms with van der Waals surface area (Å²) in [6, 6.07) is 26.4. The Balaban J connectivity index is 1.47. The molecule has 30 heavy (non-hydrogen) atoms. The average Bonchev–Trinajstić information content (AvgIpc) is 2.75. The van der Waals surface area contributed by atoms with Crippen LogP contribution >= 0.6 is 0 Å². The van der Waals surface area contributed by atoms with Gasteiger partial charge >= 0.3 is 0 Å². The zero-order valence-corrected chi connectivity index (χ0v) is 16.4. The molecule has 0 aliphatic rings. The van der Waals surface area contributed by atoms with Crippen molar-refractivity contribution in [1.82, 2.24) is 10.9 Å². The molecule has 150 valence electrons. The molecule has 3 rings (SSSR count). The normalized spacial score (nSPS) is 10.9. The molecule has 2 amide bonds. The molecular weight excluding hydrogens is 376 g/mol. The van der Waals surface area contributed by atoms with E-state index in [1.165, 1.54) is 0 Å². The monoisotopic (exact) mass is 398 g/mol. The lowest BCUT2D eigenvalue weighted by Crippen LogP contribution is -2.19. The fraction of sp³-hybridized carbons (Fsp3) is 0.0833. The third-order valence-corrected chi connectivity index (χ3v) is 4.13. The van der Waals surface area contributed by atoms with Crippen LogP contribution in [0.5, 0.6) is 0 Å². The minimum Gasteiger partial charge on any atom is -0.273 e. The lowest BCUT2D eigenvalue weighted by Gasteiger charge is -2.01. The second-order valence-corrected chi connectivity index (χ2v) is 6.58. The van der Waals surface area contributed by atoms with Crippen LogP contribution in [0.15, 0.2) is 95.1 Å². The number of rotatable bonds is 8. The highest BCUT2D eigenvalue weighted by Crippen LogP contribution is 2.02. The summed E-state index contributed by atoms with van der Waals surface area (Å²) in [7, 11) is 0. The molecule has 3 aromatic rings. The van der Waals surface area contributed by atoms with Crippen LogP contribution in [-0.4, -0.2) is 24.2 Å². The number of carbonyl (C=O) groups excluding carboxylic acids is 2. The molecule has 3 aromatic carbocycles. The average molecular weight is 398 g/mol. The SMILES string of the molecule is O=C(Cc1ccccc1)NN=Cc1cccc(C=NNC(=O)Cc2ccccc2)c1. The Bertz CT molecular complexity index is 951. The fourth-order valence-electron chi connectivity index (χ4n) is 2.72. The topological polar surface area (TPSA) is 82.9 Å². The molecule has 6 nitrogen and oxygen atoms in total. The van der Waals surface area contributed by atoms with Crippen molar-refractivity contribution in [2.45, 2.75) is 12.8 Å². The number of nitrogens with one attached hydrogen (secondary N) is 2. The molecule has 0 unspecified atom stereocenters. The second kappa shape index (κ2) is 11.1. The highest BCUT2D eigenvalue weighted by molar-refractivity contribution is 5.88. The lowest BCUT2D eigenvalue weighted by atomic mass is 10.1. The van der Waals surface area contributed by atoms with Crippen LogP contribution in [0.25, 0.3) is 0 Å². The van der Waals surface area contributed by atoms with E-state index in [0.29, 0.717) is 0 Å². The van der Waals surface area contributed by atoms with Crippen LogP contribution in [0.4, 0.5) is 0 Å². The Labute approximate surface area is 175 Å². The summed E-state index contributed by atoms with van der Waals surface area (Å²) in [5, 5.41) is 7.99. The molecule has 0 atom stereocenters. The zero-order valence-electron chi connectivity index (χ0n) is 16.4. The Kier molecular flexibility index (Phi) is 7.62. The van der Waals surface area contributed by atoms with E-state index < -0.39 is 0 Å². The maximum Gasteiger partial charge on any atom is 0.244 e. The number of nitrogens with zero attached hydrogens (tertiary/aromatic N) is 2. The van der Waals surface area contributed by atoms with Crippen molar-refractivity contribution >= 4 is 24.2 Å². The zero-order chi connectivity index (χ0) is 21.0. The van der Waals surface area contributed by atoms with Gasteiger partial charge in [0.25, 0.3) is 0 Å². The number of amides is 2. The van der Waals surface area contributed by atoms with Crippen molar-refractivity contribution in [2.75, 3.05) is 0 Å². The van der Waals surface area contributed by atoms with E-state index in [1.54, 1.807) is 12.4 Å². The molecule has 6 heteroatoms. The summed E-state index contributed by atoms with van der Waals surface area (Å²) in [5.41, 5.74) is 8.50. The third kappa shape index (κ3) is 7.16. The van der Waals surface area contributed by atoms with E-state index >= 15 is 0 Å². The number of carbonyl (C=O) groups is 2.